The maximum Gasteiger partial charge on any atom is 0.222 e. The van der Waals surface area contributed by atoms with Crippen LogP contribution in [0.3, 0.4) is 0 Å². The maximum absolute atomic E-state index is 13.8. The predicted molar refractivity (Wildman–Crippen MR) is 149 cm³/mol. The smallest absolute Gasteiger partial charge is 0.222 e. The number of fused-ring (bicyclic) bond motifs is 1. The number of rotatable bonds is 6. The van der Waals surface area contributed by atoms with Crippen molar-refractivity contribution in [1.82, 2.24) is 9.80 Å². The van der Waals surface area contributed by atoms with Crippen LogP contribution in [0.25, 0.3) is 0 Å². The Hall–Kier alpha value is -1.93. The highest BCUT2D eigenvalue weighted by Crippen LogP contribution is 2.32. The van der Waals surface area contributed by atoms with E-state index >= 15 is 0 Å². The van der Waals surface area contributed by atoms with E-state index in [0.29, 0.717) is 44.6 Å². The number of methoxy groups -OCH3 is 1. The fourth-order valence-electron chi connectivity index (χ4n) is 5.96. The summed E-state index contributed by atoms with van der Waals surface area (Å²) in [5.41, 5.74) is 2.12. The average molecular weight is 529 g/mol. The van der Waals surface area contributed by atoms with Crippen molar-refractivity contribution >= 4 is 5.91 Å². The number of β-amino-alcohol motifs (C(OH)–C–C–N with tert-alkyl or cyclic N) is 1. The van der Waals surface area contributed by atoms with Crippen molar-refractivity contribution in [3.05, 3.63) is 41.5 Å². The molecule has 1 N–H and O–H groups in total. The molecule has 0 saturated carbocycles. The van der Waals surface area contributed by atoms with Crippen LogP contribution in [0, 0.1) is 17.3 Å². The van der Waals surface area contributed by atoms with Crippen LogP contribution in [0.4, 0.5) is 0 Å². The minimum Gasteiger partial charge on any atom is -0.497 e. The fraction of sp³-hybridized carbons (Fsp3) is 0.710. The largest absolute Gasteiger partial charge is 0.497 e. The Bertz CT molecular complexity index is 915. The lowest BCUT2D eigenvalue weighted by atomic mass is 9.80. The van der Waals surface area contributed by atoms with E-state index in [0.717, 1.165) is 76.3 Å². The summed E-state index contributed by atoms with van der Waals surface area (Å²) < 4.78 is 17.0. The molecule has 0 bridgehead atoms. The van der Waals surface area contributed by atoms with Gasteiger partial charge in [-0.05, 0) is 73.8 Å². The molecule has 0 aliphatic carbocycles. The molecule has 0 unspecified atom stereocenters. The number of likely N-dealkylation sites (tertiary alicyclic amines) is 1. The molecule has 3 heterocycles. The minimum atomic E-state index is -0.647. The van der Waals surface area contributed by atoms with Gasteiger partial charge >= 0.3 is 0 Å². The van der Waals surface area contributed by atoms with Crippen molar-refractivity contribution in [1.29, 1.82) is 0 Å². The van der Waals surface area contributed by atoms with Crippen molar-refractivity contribution < 1.29 is 24.1 Å². The number of carbonyl (C=O) groups is 1. The number of piperidine rings is 1. The molecule has 2 fully saturated rings. The third kappa shape index (κ3) is 8.28. The summed E-state index contributed by atoms with van der Waals surface area (Å²) in [5.74, 6) is 1.84. The van der Waals surface area contributed by atoms with Gasteiger partial charge in [0.15, 0.2) is 0 Å². The molecular formula is C31H48N2O5. The van der Waals surface area contributed by atoms with E-state index in [2.05, 4.69) is 23.1 Å². The molecular weight excluding hydrogens is 480 g/mol. The minimum absolute atomic E-state index is 0.167. The standard InChI is InChI=1S/C31H48N2O5/c1-31(2)23-38-17-5-7-27-20-32(19-25-6-4-16-37-22-25)14-13-26(27)18-30(35)33(21-29(31)34)15-12-24-8-10-28(36-3)11-9-24/h6,8-11,26-27,29,34H,4-5,7,12-23H2,1-3H3/t26-,27-,29-/m0/s1. The SMILES string of the molecule is COc1ccc(CCN2C[C@H](O)C(C)(C)COCCC[C@H]3CN(CC4=CCCOC4)CC[C@H]3CC2=O)cc1. The number of ether oxygens (including phenoxy) is 3. The molecule has 3 atom stereocenters. The highest BCUT2D eigenvalue weighted by molar-refractivity contribution is 5.76. The summed E-state index contributed by atoms with van der Waals surface area (Å²) in [4.78, 5) is 18.2. The van der Waals surface area contributed by atoms with Crippen LogP contribution in [0.2, 0.25) is 0 Å². The highest BCUT2D eigenvalue weighted by atomic mass is 16.5. The van der Waals surface area contributed by atoms with Gasteiger partial charge in [0.2, 0.25) is 5.91 Å². The van der Waals surface area contributed by atoms with E-state index in [4.69, 9.17) is 14.2 Å². The van der Waals surface area contributed by atoms with E-state index < -0.39 is 11.5 Å². The van der Waals surface area contributed by atoms with Gasteiger partial charge in [0, 0.05) is 44.6 Å². The van der Waals surface area contributed by atoms with Crippen LogP contribution in [0.1, 0.15) is 51.5 Å². The average Bonchev–Trinajstić information content (AvgIpc) is 2.92. The van der Waals surface area contributed by atoms with Crippen LogP contribution < -0.4 is 4.74 Å². The zero-order chi connectivity index (χ0) is 27.0. The molecule has 0 aromatic heterocycles. The molecule has 4 rings (SSSR count). The molecule has 0 spiro atoms. The second kappa shape index (κ2) is 13.9. The second-order valence-electron chi connectivity index (χ2n) is 12.1. The summed E-state index contributed by atoms with van der Waals surface area (Å²) in [7, 11) is 1.67. The summed E-state index contributed by atoms with van der Waals surface area (Å²) in [5, 5.41) is 11.2. The molecule has 1 aromatic rings. The Morgan fingerprint density at radius 3 is 2.63 bits per heavy atom. The summed E-state index contributed by atoms with van der Waals surface area (Å²) in [6, 6.07) is 8.02. The second-order valence-corrected chi connectivity index (χ2v) is 12.1. The summed E-state index contributed by atoms with van der Waals surface area (Å²) in [6.07, 6.45) is 7.10. The van der Waals surface area contributed by atoms with Gasteiger partial charge in [-0.3, -0.25) is 9.69 Å². The lowest BCUT2D eigenvalue weighted by Crippen LogP contribution is -2.47. The topological polar surface area (TPSA) is 71.5 Å². The van der Waals surface area contributed by atoms with Crippen molar-refractivity contribution in [2.45, 2.75) is 58.5 Å². The van der Waals surface area contributed by atoms with Gasteiger partial charge < -0.3 is 24.2 Å². The first-order valence-electron chi connectivity index (χ1n) is 14.5. The van der Waals surface area contributed by atoms with Crippen LogP contribution in [-0.2, 0) is 20.7 Å². The molecule has 38 heavy (non-hydrogen) atoms. The quantitative estimate of drug-likeness (QED) is 0.564. The zero-order valence-electron chi connectivity index (χ0n) is 23.7. The van der Waals surface area contributed by atoms with Crippen LogP contribution in [-0.4, -0.2) is 93.2 Å². The number of aliphatic hydroxyl groups is 1. The number of aliphatic hydroxyl groups excluding tert-OH is 1. The maximum atomic E-state index is 13.8. The number of benzene rings is 1. The van der Waals surface area contributed by atoms with Crippen LogP contribution in [0.5, 0.6) is 5.75 Å². The fourth-order valence-corrected chi connectivity index (χ4v) is 5.96. The van der Waals surface area contributed by atoms with E-state index in [9.17, 15) is 9.90 Å². The van der Waals surface area contributed by atoms with E-state index in [1.54, 1.807) is 7.11 Å². The Morgan fingerprint density at radius 1 is 1.08 bits per heavy atom. The summed E-state index contributed by atoms with van der Waals surface area (Å²) in [6.45, 7) is 10.8. The van der Waals surface area contributed by atoms with Crippen molar-refractivity contribution in [3.63, 3.8) is 0 Å². The molecule has 3 aliphatic heterocycles. The van der Waals surface area contributed by atoms with Crippen LogP contribution >= 0.6 is 0 Å². The molecule has 1 aromatic carbocycles. The first-order chi connectivity index (χ1) is 18.3. The molecule has 0 radical (unpaired) electrons. The molecule has 1 amide bonds. The molecule has 2 saturated heterocycles. The number of amides is 1. The van der Waals surface area contributed by atoms with Crippen molar-refractivity contribution in [2.75, 3.05) is 66.3 Å². The lowest BCUT2D eigenvalue weighted by Gasteiger charge is -2.40. The van der Waals surface area contributed by atoms with Crippen molar-refractivity contribution in [3.8, 4) is 5.75 Å². The zero-order valence-corrected chi connectivity index (χ0v) is 23.7. The Labute approximate surface area is 229 Å². The van der Waals surface area contributed by atoms with Crippen LogP contribution in [0.15, 0.2) is 35.9 Å². The van der Waals surface area contributed by atoms with Gasteiger partial charge in [-0.15, -0.1) is 0 Å². The monoisotopic (exact) mass is 528 g/mol. The number of hydrogen-bond donors (Lipinski definition) is 1. The third-order valence-electron chi connectivity index (χ3n) is 8.64. The lowest BCUT2D eigenvalue weighted by molar-refractivity contribution is -0.136. The van der Waals surface area contributed by atoms with E-state index in [1.807, 2.05) is 30.9 Å². The van der Waals surface area contributed by atoms with Gasteiger partial charge in [-0.2, -0.15) is 0 Å². The van der Waals surface area contributed by atoms with Crippen molar-refractivity contribution in [2.24, 2.45) is 17.3 Å². The summed E-state index contributed by atoms with van der Waals surface area (Å²) >= 11 is 0. The first kappa shape index (κ1) is 29.1. The number of nitrogens with zero attached hydrogens (tertiary/aromatic N) is 2. The molecule has 3 aliphatic rings. The van der Waals surface area contributed by atoms with Gasteiger partial charge in [0.1, 0.15) is 5.75 Å². The molecule has 7 heteroatoms. The van der Waals surface area contributed by atoms with Gasteiger partial charge in [-0.25, -0.2) is 0 Å². The van der Waals surface area contributed by atoms with Gasteiger partial charge in [0.05, 0.1) is 33.0 Å². The highest BCUT2D eigenvalue weighted by Gasteiger charge is 2.35. The first-order valence-corrected chi connectivity index (χ1v) is 14.5. The Kier molecular flexibility index (Phi) is 10.6. The Morgan fingerprint density at radius 2 is 1.89 bits per heavy atom. The molecule has 212 valence electrons. The normalized spacial score (nSPS) is 27.9. The third-order valence-corrected chi connectivity index (χ3v) is 8.64. The number of hydrogen-bond acceptors (Lipinski definition) is 6. The molecule has 7 nitrogen and oxygen atoms in total. The Balaban J connectivity index is 1.45. The predicted octanol–water partition coefficient (Wildman–Crippen LogP) is 3.94. The van der Waals surface area contributed by atoms with Gasteiger partial charge in [-0.1, -0.05) is 32.1 Å². The van der Waals surface area contributed by atoms with Gasteiger partial charge in [0.25, 0.3) is 0 Å². The van der Waals surface area contributed by atoms with E-state index in [-0.39, 0.29) is 5.91 Å². The number of carbonyl (C=O) groups excluding carboxylic acids is 1. The van der Waals surface area contributed by atoms with E-state index in [1.165, 1.54) is 5.57 Å².